The average Bonchev–Trinajstić information content (AvgIpc) is 3.43. The van der Waals surface area contributed by atoms with Gasteiger partial charge in [0, 0.05) is 38.5 Å². The number of hydrogen-bond acceptors (Lipinski definition) is 5. The highest BCUT2D eigenvalue weighted by Crippen LogP contribution is 2.38. The number of hydrogen-bond donors (Lipinski definition) is 0. The SMILES string of the molecule is O=C(CCc1ccccc1)N1CCCN(c2nc(C3CC3)no2)CC1. The van der Waals surface area contributed by atoms with Gasteiger partial charge in [0.1, 0.15) is 0 Å². The Bertz CT molecular complexity index is 711. The summed E-state index contributed by atoms with van der Waals surface area (Å²) >= 11 is 0. The molecule has 25 heavy (non-hydrogen) atoms. The number of aryl methyl sites for hydroxylation is 1. The number of amides is 1. The standard InChI is InChI=1S/C19H24N4O2/c24-17(10-7-15-5-2-1-3-6-15)22-11-4-12-23(14-13-22)19-20-18(21-25-19)16-8-9-16/h1-3,5-6,16H,4,7-14H2. The van der Waals surface area contributed by atoms with Gasteiger partial charge in [-0.05, 0) is 31.2 Å². The monoisotopic (exact) mass is 340 g/mol. The number of nitrogens with zero attached hydrogens (tertiary/aromatic N) is 4. The first-order chi connectivity index (χ1) is 12.3. The molecule has 6 heteroatoms. The molecule has 0 unspecified atom stereocenters. The minimum absolute atomic E-state index is 0.231. The molecule has 2 heterocycles. The minimum atomic E-state index is 0.231. The highest BCUT2D eigenvalue weighted by molar-refractivity contribution is 5.76. The molecule has 2 aromatic rings. The molecule has 1 aromatic carbocycles. The number of anilines is 1. The maximum atomic E-state index is 12.5. The number of rotatable bonds is 5. The van der Waals surface area contributed by atoms with Crippen molar-refractivity contribution in [2.24, 2.45) is 0 Å². The molecule has 1 aromatic heterocycles. The van der Waals surface area contributed by atoms with E-state index in [1.165, 1.54) is 18.4 Å². The van der Waals surface area contributed by atoms with E-state index in [0.29, 0.717) is 18.4 Å². The van der Waals surface area contributed by atoms with E-state index in [4.69, 9.17) is 4.52 Å². The van der Waals surface area contributed by atoms with E-state index in [2.05, 4.69) is 27.2 Å². The molecule has 0 spiro atoms. The fourth-order valence-corrected chi connectivity index (χ4v) is 3.27. The van der Waals surface area contributed by atoms with E-state index >= 15 is 0 Å². The Balaban J connectivity index is 1.30. The molecular formula is C19H24N4O2. The van der Waals surface area contributed by atoms with Crippen molar-refractivity contribution in [1.29, 1.82) is 0 Å². The summed E-state index contributed by atoms with van der Waals surface area (Å²) in [4.78, 5) is 21.1. The normalized spacial score (nSPS) is 18.2. The van der Waals surface area contributed by atoms with Crippen LogP contribution in [-0.4, -0.2) is 47.1 Å². The second kappa shape index (κ2) is 7.25. The molecule has 1 saturated heterocycles. The Labute approximate surface area is 147 Å². The smallest absolute Gasteiger partial charge is 0.324 e. The summed E-state index contributed by atoms with van der Waals surface area (Å²) in [7, 11) is 0. The molecule has 6 nitrogen and oxygen atoms in total. The molecule has 2 fully saturated rings. The van der Waals surface area contributed by atoms with E-state index in [1.54, 1.807) is 0 Å². The molecule has 0 bridgehead atoms. The van der Waals surface area contributed by atoms with Gasteiger partial charge in [0.25, 0.3) is 0 Å². The first kappa shape index (κ1) is 16.1. The highest BCUT2D eigenvalue weighted by Gasteiger charge is 2.30. The van der Waals surface area contributed by atoms with Crippen LogP contribution in [-0.2, 0) is 11.2 Å². The van der Waals surface area contributed by atoms with E-state index in [-0.39, 0.29) is 5.91 Å². The van der Waals surface area contributed by atoms with Crippen LogP contribution in [0.5, 0.6) is 0 Å². The van der Waals surface area contributed by atoms with Crippen LogP contribution in [0, 0.1) is 0 Å². The van der Waals surface area contributed by atoms with Gasteiger partial charge in [-0.15, -0.1) is 0 Å². The molecule has 0 N–H and O–H groups in total. The fraction of sp³-hybridized carbons (Fsp3) is 0.526. The van der Waals surface area contributed by atoms with Crippen molar-refractivity contribution in [1.82, 2.24) is 15.0 Å². The lowest BCUT2D eigenvalue weighted by Crippen LogP contribution is -2.35. The van der Waals surface area contributed by atoms with E-state index < -0.39 is 0 Å². The van der Waals surface area contributed by atoms with E-state index in [1.807, 2.05) is 23.1 Å². The molecule has 1 aliphatic carbocycles. The Morgan fingerprint density at radius 3 is 2.76 bits per heavy atom. The van der Waals surface area contributed by atoms with Crippen molar-refractivity contribution >= 4 is 11.9 Å². The largest absolute Gasteiger partial charge is 0.341 e. The van der Waals surface area contributed by atoms with Gasteiger partial charge in [0.2, 0.25) is 5.91 Å². The van der Waals surface area contributed by atoms with Crippen molar-refractivity contribution in [3.8, 4) is 0 Å². The van der Waals surface area contributed by atoms with Crippen LogP contribution >= 0.6 is 0 Å². The Hall–Kier alpha value is -2.37. The lowest BCUT2D eigenvalue weighted by Gasteiger charge is -2.21. The first-order valence-corrected chi connectivity index (χ1v) is 9.20. The summed E-state index contributed by atoms with van der Waals surface area (Å²) in [6.45, 7) is 3.13. The van der Waals surface area contributed by atoms with Crippen LogP contribution in [0.25, 0.3) is 0 Å². The topological polar surface area (TPSA) is 62.5 Å². The zero-order chi connectivity index (χ0) is 17.1. The maximum absolute atomic E-state index is 12.5. The van der Waals surface area contributed by atoms with Gasteiger partial charge in [-0.3, -0.25) is 4.79 Å². The Morgan fingerprint density at radius 1 is 1.12 bits per heavy atom. The highest BCUT2D eigenvalue weighted by atomic mass is 16.5. The number of carbonyl (C=O) groups excluding carboxylic acids is 1. The second-order valence-electron chi connectivity index (χ2n) is 6.92. The minimum Gasteiger partial charge on any atom is -0.341 e. The Morgan fingerprint density at radius 2 is 1.96 bits per heavy atom. The summed E-state index contributed by atoms with van der Waals surface area (Å²) in [5.41, 5.74) is 1.21. The fourth-order valence-electron chi connectivity index (χ4n) is 3.27. The lowest BCUT2D eigenvalue weighted by atomic mass is 10.1. The molecule has 4 rings (SSSR count). The Kier molecular flexibility index (Phi) is 4.68. The first-order valence-electron chi connectivity index (χ1n) is 9.20. The summed E-state index contributed by atoms with van der Waals surface area (Å²) in [5, 5.41) is 4.09. The molecule has 1 aliphatic heterocycles. The third-order valence-electron chi connectivity index (χ3n) is 4.96. The predicted octanol–water partition coefficient (Wildman–Crippen LogP) is 2.62. The van der Waals surface area contributed by atoms with Crippen LogP contribution in [0.3, 0.4) is 0 Å². The molecule has 2 aliphatic rings. The summed E-state index contributed by atoms with van der Waals surface area (Å²) in [6, 6.07) is 10.8. The summed E-state index contributed by atoms with van der Waals surface area (Å²) in [6.07, 6.45) is 4.63. The molecule has 1 saturated carbocycles. The van der Waals surface area contributed by atoms with Crippen molar-refractivity contribution < 1.29 is 9.32 Å². The number of aromatic nitrogens is 2. The zero-order valence-electron chi connectivity index (χ0n) is 14.4. The molecule has 1 amide bonds. The maximum Gasteiger partial charge on any atom is 0.324 e. The van der Waals surface area contributed by atoms with Crippen molar-refractivity contribution in [2.75, 3.05) is 31.1 Å². The molecular weight excluding hydrogens is 316 g/mol. The average molecular weight is 340 g/mol. The van der Waals surface area contributed by atoms with Crippen LogP contribution in [0.4, 0.5) is 6.01 Å². The van der Waals surface area contributed by atoms with Crippen LogP contribution in [0.1, 0.15) is 43.0 Å². The zero-order valence-corrected chi connectivity index (χ0v) is 14.4. The van der Waals surface area contributed by atoms with Crippen molar-refractivity contribution in [2.45, 2.75) is 38.0 Å². The van der Waals surface area contributed by atoms with Gasteiger partial charge in [0.05, 0.1) is 0 Å². The van der Waals surface area contributed by atoms with Gasteiger partial charge in [0.15, 0.2) is 5.82 Å². The summed E-state index contributed by atoms with van der Waals surface area (Å²) < 4.78 is 5.42. The van der Waals surface area contributed by atoms with Gasteiger partial charge in [-0.2, -0.15) is 4.98 Å². The van der Waals surface area contributed by atoms with Gasteiger partial charge < -0.3 is 14.3 Å². The number of benzene rings is 1. The molecule has 0 atom stereocenters. The second-order valence-corrected chi connectivity index (χ2v) is 6.92. The van der Waals surface area contributed by atoms with Crippen molar-refractivity contribution in [3.63, 3.8) is 0 Å². The van der Waals surface area contributed by atoms with Crippen LogP contribution in [0.15, 0.2) is 34.9 Å². The number of carbonyl (C=O) groups is 1. The van der Waals surface area contributed by atoms with Gasteiger partial charge in [-0.1, -0.05) is 35.5 Å². The van der Waals surface area contributed by atoms with Crippen LogP contribution < -0.4 is 4.90 Å². The van der Waals surface area contributed by atoms with E-state index in [0.717, 1.165) is 44.8 Å². The molecule has 132 valence electrons. The summed E-state index contributed by atoms with van der Waals surface area (Å²) in [5.74, 6) is 1.57. The van der Waals surface area contributed by atoms with E-state index in [9.17, 15) is 4.79 Å². The van der Waals surface area contributed by atoms with Gasteiger partial charge in [-0.25, -0.2) is 0 Å². The predicted molar refractivity (Wildman–Crippen MR) is 94.4 cm³/mol. The van der Waals surface area contributed by atoms with Gasteiger partial charge >= 0.3 is 6.01 Å². The quantitative estimate of drug-likeness (QED) is 0.837. The third kappa shape index (κ3) is 4.00. The molecule has 0 radical (unpaired) electrons. The van der Waals surface area contributed by atoms with Crippen LogP contribution in [0.2, 0.25) is 0 Å². The van der Waals surface area contributed by atoms with Crippen molar-refractivity contribution in [3.05, 3.63) is 41.7 Å². The lowest BCUT2D eigenvalue weighted by molar-refractivity contribution is -0.130. The third-order valence-corrected chi connectivity index (χ3v) is 4.96.